The molecule has 29 heavy (non-hydrogen) atoms. The fourth-order valence-electron chi connectivity index (χ4n) is 4.08. The smallest absolute Gasteiger partial charge is 0.313 e. The highest BCUT2D eigenvalue weighted by Crippen LogP contribution is 2.53. The normalized spacial score (nSPS) is 25.4. The standard InChI is InChI=1S/C21H22O8/c1-25-14-6-10(4-5-13(14)22)20-17-12(9-28-20)19(29-21(17)24)11-7-15(26-2)18(23)16(8-11)27-3/h4-8,12,17,19-20,22-23H,9H2,1-3H3. The molecule has 0 aliphatic carbocycles. The first-order valence-electron chi connectivity index (χ1n) is 9.12. The van der Waals surface area contributed by atoms with Crippen molar-refractivity contribution in [2.45, 2.75) is 12.2 Å². The Labute approximate surface area is 167 Å². The highest BCUT2D eigenvalue weighted by molar-refractivity contribution is 5.77. The molecule has 2 aliphatic rings. The van der Waals surface area contributed by atoms with Gasteiger partial charge in [-0.25, -0.2) is 0 Å². The van der Waals surface area contributed by atoms with Crippen molar-refractivity contribution in [2.75, 3.05) is 27.9 Å². The number of benzene rings is 2. The van der Waals surface area contributed by atoms with Crippen molar-refractivity contribution in [1.82, 2.24) is 0 Å². The van der Waals surface area contributed by atoms with Crippen LogP contribution in [-0.4, -0.2) is 44.1 Å². The van der Waals surface area contributed by atoms with E-state index in [0.29, 0.717) is 17.9 Å². The molecule has 0 amide bonds. The molecule has 0 aromatic heterocycles. The predicted octanol–water partition coefficient (Wildman–Crippen LogP) is 2.73. The molecule has 0 saturated carbocycles. The molecule has 8 heteroatoms. The third-order valence-corrected chi connectivity index (χ3v) is 5.52. The number of hydrogen-bond acceptors (Lipinski definition) is 8. The number of rotatable bonds is 5. The first kappa shape index (κ1) is 19.2. The summed E-state index contributed by atoms with van der Waals surface area (Å²) < 4.78 is 27.2. The number of methoxy groups -OCH3 is 3. The molecule has 0 spiro atoms. The Morgan fingerprint density at radius 1 is 0.897 bits per heavy atom. The Hall–Kier alpha value is -3.13. The van der Waals surface area contributed by atoms with Crippen LogP contribution in [0.4, 0.5) is 0 Å². The van der Waals surface area contributed by atoms with Crippen molar-refractivity contribution in [3.63, 3.8) is 0 Å². The maximum atomic E-state index is 12.7. The number of phenolic OH excluding ortho intramolecular Hbond substituents is 2. The summed E-state index contributed by atoms with van der Waals surface area (Å²) in [5.41, 5.74) is 1.38. The van der Waals surface area contributed by atoms with Gasteiger partial charge in [0.2, 0.25) is 5.75 Å². The lowest BCUT2D eigenvalue weighted by Gasteiger charge is -2.18. The Kier molecular flexibility index (Phi) is 4.87. The monoisotopic (exact) mass is 402 g/mol. The van der Waals surface area contributed by atoms with E-state index < -0.39 is 18.1 Å². The molecule has 2 aromatic carbocycles. The average Bonchev–Trinajstić information content (AvgIpc) is 3.30. The third-order valence-electron chi connectivity index (χ3n) is 5.52. The lowest BCUT2D eigenvalue weighted by Crippen LogP contribution is -2.18. The van der Waals surface area contributed by atoms with E-state index in [0.717, 1.165) is 5.56 Å². The van der Waals surface area contributed by atoms with Crippen LogP contribution in [0.15, 0.2) is 30.3 Å². The highest BCUT2D eigenvalue weighted by atomic mass is 16.6. The Morgan fingerprint density at radius 3 is 2.14 bits per heavy atom. The number of hydrogen-bond donors (Lipinski definition) is 2. The number of cyclic esters (lactones) is 1. The van der Waals surface area contributed by atoms with E-state index in [1.54, 1.807) is 24.3 Å². The van der Waals surface area contributed by atoms with Gasteiger partial charge in [-0.05, 0) is 29.8 Å². The summed E-state index contributed by atoms with van der Waals surface area (Å²) in [7, 11) is 4.34. The van der Waals surface area contributed by atoms with E-state index in [-0.39, 0.29) is 34.9 Å². The summed E-state index contributed by atoms with van der Waals surface area (Å²) in [6.45, 7) is 0.320. The van der Waals surface area contributed by atoms with Gasteiger partial charge in [0.25, 0.3) is 0 Å². The van der Waals surface area contributed by atoms with Crippen molar-refractivity contribution in [3.05, 3.63) is 41.5 Å². The van der Waals surface area contributed by atoms with Gasteiger partial charge in [-0.1, -0.05) is 6.07 Å². The van der Waals surface area contributed by atoms with E-state index >= 15 is 0 Å². The molecule has 2 heterocycles. The second kappa shape index (κ2) is 7.36. The first-order chi connectivity index (χ1) is 14.0. The van der Waals surface area contributed by atoms with E-state index in [9.17, 15) is 15.0 Å². The highest BCUT2D eigenvalue weighted by Gasteiger charge is 2.54. The van der Waals surface area contributed by atoms with Crippen LogP contribution >= 0.6 is 0 Å². The Balaban J connectivity index is 1.67. The minimum absolute atomic E-state index is 0.0148. The zero-order valence-corrected chi connectivity index (χ0v) is 16.2. The molecular formula is C21H22O8. The molecule has 0 bridgehead atoms. The topological polar surface area (TPSA) is 104 Å². The van der Waals surface area contributed by atoms with Gasteiger partial charge < -0.3 is 33.9 Å². The molecule has 0 radical (unpaired) electrons. The van der Waals surface area contributed by atoms with Crippen molar-refractivity contribution in [2.24, 2.45) is 11.8 Å². The molecule has 4 atom stereocenters. The van der Waals surface area contributed by atoms with Crippen LogP contribution in [0.5, 0.6) is 28.7 Å². The van der Waals surface area contributed by atoms with Gasteiger partial charge in [0, 0.05) is 11.5 Å². The number of ether oxygens (including phenoxy) is 5. The first-order valence-corrected chi connectivity index (χ1v) is 9.12. The third kappa shape index (κ3) is 3.09. The number of phenols is 2. The van der Waals surface area contributed by atoms with Crippen molar-refractivity contribution >= 4 is 5.97 Å². The average molecular weight is 402 g/mol. The molecule has 4 unspecified atom stereocenters. The summed E-state index contributed by atoms with van der Waals surface area (Å²) >= 11 is 0. The second-order valence-corrected chi connectivity index (χ2v) is 7.01. The van der Waals surface area contributed by atoms with Crippen molar-refractivity contribution < 1.29 is 38.7 Å². The fraction of sp³-hybridized carbons (Fsp3) is 0.381. The molecule has 154 valence electrons. The SMILES string of the molecule is COc1cc(C2OCC3C(c4cc(OC)c(O)c(OC)c4)OC(=O)C23)ccc1O. The minimum atomic E-state index is -0.556. The van der Waals surface area contributed by atoms with Crippen LogP contribution < -0.4 is 14.2 Å². The molecule has 4 rings (SSSR count). The zero-order chi connectivity index (χ0) is 20.7. The van der Waals surface area contributed by atoms with E-state index in [2.05, 4.69) is 0 Å². The number of aromatic hydroxyl groups is 2. The van der Waals surface area contributed by atoms with Gasteiger partial charge >= 0.3 is 5.97 Å². The van der Waals surface area contributed by atoms with Gasteiger partial charge in [0.05, 0.1) is 40.0 Å². The van der Waals surface area contributed by atoms with E-state index in [1.165, 1.54) is 27.4 Å². The van der Waals surface area contributed by atoms with Crippen LogP contribution in [0.2, 0.25) is 0 Å². The zero-order valence-electron chi connectivity index (χ0n) is 16.2. The summed E-state index contributed by atoms with van der Waals surface area (Å²) in [4.78, 5) is 12.7. The minimum Gasteiger partial charge on any atom is -0.504 e. The summed E-state index contributed by atoms with van der Waals surface area (Å²) in [6.07, 6.45) is -1.06. The van der Waals surface area contributed by atoms with E-state index in [1.807, 2.05) is 0 Å². The van der Waals surface area contributed by atoms with Crippen LogP contribution in [-0.2, 0) is 14.3 Å². The van der Waals surface area contributed by atoms with Gasteiger partial charge in [0.1, 0.15) is 6.10 Å². The summed E-state index contributed by atoms with van der Waals surface area (Å²) in [5, 5.41) is 20.0. The fourth-order valence-corrected chi connectivity index (χ4v) is 4.08. The van der Waals surface area contributed by atoms with Crippen molar-refractivity contribution in [3.8, 4) is 28.7 Å². The summed E-state index contributed by atoms with van der Waals surface area (Å²) in [5.74, 6) is -0.398. The van der Waals surface area contributed by atoms with E-state index in [4.69, 9.17) is 23.7 Å². The molecule has 2 aliphatic heterocycles. The van der Waals surface area contributed by atoms with Gasteiger partial charge in [-0.2, -0.15) is 0 Å². The maximum Gasteiger partial charge on any atom is 0.313 e. The molecular weight excluding hydrogens is 380 g/mol. The van der Waals surface area contributed by atoms with Gasteiger partial charge in [-0.15, -0.1) is 0 Å². The van der Waals surface area contributed by atoms with Crippen LogP contribution in [0, 0.1) is 11.8 Å². The number of carbonyl (C=O) groups is 1. The molecule has 2 aromatic rings. The summed E-state index contributed by atoms with van der Waals surface area (Å²) in [6, 6.07) is 8.15. The molecule has 8 nitrogen and oxygen atoms in total. The lowest BCUT2D eigenvalue weighted by atomic mass is 9.84. The maximum absolute atomic E-state index is 12.7. The largest absolute Gasteiger partial charge is 0.504 e. The van der Waals surface area contributed by atoms with Crippen LogP contribution in [0.25, 0.3) is 0 Å². The van der Waals surface area contributed by atoms with Crippen LogP contribution in [0.3, 0.4) is 0 Å². The number of carbonyl (C=O) groups excluding carboxylic acids is 1. The van der Waals surface area contributed by atoms with Crippen LogP contribution in [0.1, 0.15) is 23.3 Å². The predicted molar refractivity (Wildman–Crippen MR) is 100 cm³/mol. The molecule has 2 N–H and O–H groups in total. The van der Waals surface area contributed by atoms with Gasteiger partial charge in [0.15, 0.2) is 23.0 Å². The molecule has 2 fully saturated rings. The lowest BCUT2D eigenvalue weighted by molar-refractivity contribution is -0.148. The number of esters is 1. The Morgan fingerprint density at radius 2 is 1.52 bits per heavy atom. The molecule has 2 saturated heterocycles. The Bertz CT molecular complexity index is 915. The van der Waals surface area contributed by atoms with Gasteiger partial charge in [-0.3, -0.25) is 4.79 Å². The quantitative estimate of drug-likeness (QED) is 0.736. The second-order valence-electron chi connectivity index (χ2n) is 7.01. The van der Waals surface area contributed by atoms with Crippen molar-refractivity contribution in [1.29, 1.82) is 0 Å². The number of fused-ring (bicyclic) bond motifs is 1.